The molecule has 2 aromatic carbocycles. The minimum Gasteiger partial charge on any atom is -0.468 e. The second-order valence-corrected chi connectivity index (χ2v) is 7.26. The van der Waals surface area contributed by atoms with Gasteiger partial charge in [0.25, 0.3) is 0 Å². The minimum atomic E-state index is -0.838. The maximum atomic E-state index is 13.4. The second kappa shape index (κ2) is 7.88. The van der Waals surface area contributed by atoms with Crippen molar-refractivity contribution in [2.75, 3.05) is 7.11 Å². The van der Waals surface area contributed by atoms with E-state index in [2.05, 4.69) is 6.07 Å². The van der Waals surface area contributed by atoms with Crippen LogP contribution in [-0.4, -0.2) is 18.9 Å². The molecule has 0 amide bonds. The van der Waals surface area contributed by atoms with E-state index < -0.39 is 23.7 Å². The molecule has 4 rings (SSSR count). The van der Waals surface area contributed by atoms with Crippen molar-refractivity contribution in [2.45, 2.75) is 18.3 Å². The zero-order valence-corrected chi connectivity index (χ0v) is 16.4. The van der Waals surface area contributed by atoms with Crippen LogP contribution in [-0.2, 0) is 19.1 Å². The largest absolute Gasteiger partial charge is 0.468 e. The van der Waals surface area contributed by atoms with Crippen molar-refractivity contribution in [1.29, 1.82) is 5.26 Å². The number of hydrogen-bond acceptors (Lipinski definition) is 6. The SMILES string of the molecule is COC(=O)C1C2=C(C(=O)CC1c1ccccc1)C(c1ccccc1)C(C#N)=C(N)O2. The zero-order valence-electron chi connectivity index (χ0n) is 16.4. The first-order chi connectivity index (χ1) is 14.6. The highest BCUT2D eigenvalue weighted by Gasteiger charge is 2.48. The number of rotatable bonds is 3. The number of ether oxygens (including phenoxy) is 2. The van der Waals surface area contributed by atoms with Crippen molar-refractivity contribution >= 4 is 11.8 Å². The zero-order chi connectivity index (χ0) is 21.3. The van der Waals surface area contributed by atoms with Gasteiger partial charge in [0, 0.05) is 17.9 Å². The quantitative estimate of drug-likeness (QED) is 0.793. The molecule has 1 aliphatic heterocycles. The van der Waals surface area contributed by atoms with Gasteiger partial charge in [0.05, 0.1) is 13.0 Å². The van der Waals surface area contributed by atoms with E-state index in [0.717, 1.165) is 11.1 Å². The smallest absolute Gasteiger partial charge is 0.317 e. The Hall–Kier alpha value is -3.85. The lowest BCUT2D eigenvalue weighted by atomic mass is 9.69. The molecule has 2 aliphatic rings. The molecule has 0 radical (unpaired) electrons. The van der Waals surface area contributed by atoms with Crippen molar-refractivity contribution in [3.05, 3.63) is 94.6 Å². The van der Waals surface area contributed by atoms with E-state index >= 15 is 0 Å². The Bertz CT molecular complexity index is 1100. The minimum absolute atomic E-state index is 0.0967. The van der Waals surface area contributed by atoms with Gasteiger partial charge < -0.3 is 15.2 Å². The average Bonchev–Trinajstić information content (AvgIpc) is 2.78. The third-order valence-corrected chi connectivity index (χ3v) is 5.65. The molecule has 0 spiro atoms. The third-order valence-electron chi connectivity index (χ3n) is 5.65. The maximum absolute atomic E-state index is 13.4. The van der Waals surface area contributed by atoms with Crippen LogP contribution in [0.1, 0.15) is 29.4 Å². The van der Waals surface area contributed by atoms with Crippen molar-refractivity contribution in [3.63, 3.8) is 0 Å². The number of nitrogens with two attached hydrogens (primary N) is 1. The van der Waals surface area contributed by atoms with Crippen LogP contribution in [0.15, 0.2) is 83.5 Å². The molecule has 1 heterocycles. The lowest BCUT2D eigenvalue weighted by Crippen LogP contribution is -2.38. The van der Waals surface area contributed by atoms with E-state index in [9.17, 15) is 14.9 Å². The Morgan fingerprint density at radius 2 is 1.70 bits per heavy atom. The van der Waals surface area contributed by atoms with E-state index in [-0.39, 0.29) is 29.4 Å². The third kappa shape index (κ3) is 3.15. The molecular formula is C24H20N2O4. The molecular weight excluding hydrogens is 380 g/mol. The van der Waals surface area contributed by atoms with Gasteiger partial charge in [-0.05, 0) is 11.1 Å². The number of hydrogen-bond donors (Lipinski definition) is 1. The number of nitriles is 1. The summed E-state index contributed by atoms with van der Waals surface area (Å²) in [5, 5.41) is 9.73. The van der Waals surface area contributed by atoms with Gasteiger partial charge in [-0.3, -0.25) is 9.59 Å². The summed E-state index contributed by atoms with van der Waals surface area (Å²) in [5.74, 6) is -2.57. The standard InChI is InChI=1S/C24H20N2O4/c1-29-24(28)20-16(14-8-4-2-5-9-14)12-18(27)21-19(15-10-6-3-7-11-15)17(13-25)23(26)30-22(20)21/h2-11,16,19-20H,12,26H2,1H3. The summed E-state index contributed by atoms with van der Waals surface area (Å²) in [4.78, 5) is 26.2. The van der Waals surface area contributed by atoms with Gasteiger partial charge in [0.1, 0.15) is 23.3 Å². The normalized spacial score (nSPS) is 23.3. The molecule has 0 aromatic heterocycles. The fraction of sp³-hybridized carbons (Fsp3) is 0.208. The predicted molar refractivity (Wildman–Crippen MR) is 108 cm³/mol. The van der Waals surface area contributed by atoms with Crippen LogP contribution in [0.4, 0.5) is 0 Å². The van der Waals surface area contributed by atoms with Crippen LogP contribution < -0.4 is 5.73 Å². The molecule has 2 aromatic rings. The molecule has 30 heavy (non-hydrogen) atoms. The molecule has 6 heteroatoms. The van der Waals surface area contributed by atoms with Gasteiger partial charge >= 0.3 is 5.97 Å². The average molecular weight is 400 g/mol. The first kappa shape index (κ1) is 19.5. The summed E-state index contributed by atoms with van der Waals surface area (Å²) in [7, 11) is 1.30. The van der Waals surface area contributed by atoms with Crippen LogP contribution in [0.25, 0.3) is 0 Å². The molecule has 0 fully saturated rings. The second-order valence-electron chi connectivity index (χ2n) is 7.26. The van der Waals surface area contributed by atoms with Crippen LogP contribution in [0.5, 0.6) is 0 Å². The molecule has 3 unspecified atom stereocenters. The van der Waals surface area contributed by atoms with Gasteiger partial charge in [0.15, 0.2) is 5.78 Å². The summed E-state index contributed by atoms with van der Waals surface area (Å²) >= 11 is 0. The predicted octanol–water partition coefficient (Wildman–Crippen LogP) is 3.29. The maximum Gasteiger partial charge on any atom is 0.317 e. The number of nitrogens with zero attached hydrogens (tertiary/aromatic N) is 1. The highest BCUT2D eigenvalue weighted by atomic mass is 16.5. The highest BCUT2D eigenvalue weighted by Crippen LogP contribution is 2.49. The van der Waals surface area contributed by atoms with Crippen LogP contribution in [0.3, 0.4) is 0 Å². The number of ketones is 1. The number of esters is 1. The van der Waals surface area contributed by atoms with Gasteiger partial charge in [-0.2, -0.15) is 5.26 Å². The first-order valence-corrected chi connectivity index (χ1v) is 9.59. The van der Waals surface area contributed by atoms with Crippen molar-refractivity contribution in [3.8, 4) is 6.07 Å². The molecule has 2 N–H and O–H groups in total. The van der Waals surface area contributed by atoms with Crippen LogP contribution in [0.2, 0.25) is 0 Å². The Morgan fingerprint density at radius 3 is 2.27 bits per heavy atom. The van der Waals surface area contributed by atoms with Crippen molar-refractivity contribution in [2.24, 2.45) is 11.7 Å². The summed E-state index contributed by atoms with van der Waals surface area (Å²) in [5.41, 5.74) is 8.13. The van der Waals surface area contributed by atoms with E-state index in [1.165, 1.54) is 7.11 Å². The topological polar surface area (TPSA) is 102 Å². The Kier molecular flexibility index (Phi) is 5.11. The van der Waals surface area contributed by atoms with Gasteiger partial charge in [0.2, 0.25) is 5.88 Å². The summed E-state index contributed by atoms with van der Waals surface area (Å²) < 4.78 is 10.9. The number of Topliss-reactive ketones (excluding diaryl/α,β-unsaturated/α-hetero) is 1. The van der Waals surface area contributed by atoms with Gasteiger partial charge in [-0.25, -0.2) is 0 Å². The molecule has 150 valence electrons. The number of allylic oxidation sites excluding steroid dienone is 2. The van der Waals surface area contributed by atoms with E-state index in [4.69, 9.17) is 15.2 Å². The number of carbonyl (C=O) groups is 2. The Labute approximate surface area is 174 Å². The fourth-order valence-corrected chi connectivity index (χ4v) is 4.30. The van der Waals surface area contributed by atoms with Crippen molar-refractivity contribution < 1.29 is 19.1 Å². The summed E-state index contributed by atoms with van der Waals surface area (Å²) in [6.45, 7) is 0. The molecule has 0 saturated heterocycles. The van der Waals surface area contributed by atoms with E-state index in [1.807, 2.05) is 60.7 Å². The molecule has 0 bridgehead atoms. The Morgan fingerprint density at radius 1 is 1.10 bits per heavy atom. The van der Waals surface area contributed by atoms with Crippen molar-refractivity contribution in [1.82, 2.24) is 0 Å². The lowest BCUT2D eigenvalue weighted by molar-refractivity contribution is -0.146. The summed E-state index contributed by atoms with van der Waals surface area (Å²) in [6.07, 6.45) is 0.105. The van der Waals surface area contributed by atoms with Crippen LogP contribution in [0, 0.1) is 17.2 Å². The molecule has 1 aliphatic carbocycles. The number of carbonyl (C=O) groups excluding carboxylic acids is 2. The molecule has 6 nitrogen and oxygen atoms in total. The monoisotopic (exact) mass is 400 g/mol. The van der Waals surface area contributed by atoms with E-state index in [1.54, 1.807) is 0 Å². The number of benzene rings is 2. The summed E-state index contributed by atoms with van der Waals surface area (Å²) in [6, 6.07) is 20.6. The van der Waals surface area contributed by atoms with E-state index in [0.29, 0.717) is 5.57 Å². The first-order valence-electron chi connectivity index (χ1n) is 9.59. The van der Waals surface area contributed by atoms with Gasteiger partial charge in [-0.1, -0.05) is 60.7 Å². The van der Waals surface area contributed by atoms with Crippen LogP contribution >= 0.6 is 0 Å². The Balaban J connectivity index is 1.93. The molecule has 3 atom stereocenters. The fourth-order valence-electron chi connectivity index (χ4n) is 4.30. The number of methoxy groups -OCH3 is 1. The molecule has 0 saturated carbocycles. The highest BCUT2D eigenvalue weighted by molar-refractivity contribution is 6.02. The van der Waals surface area contributed by atoms with Gasteiger partial charge in [-0.15, -0.1) is 0 Å². The lowest BCUT2D eigenvalue weighted by Gasteiger charge is -2.38.